The highest BCUT2D eigenvalue weighted by molar-refractivity contribution is 7.99. The van der Waals surface area contributed by atoms with Crippen molar-refractivity contribution < 1.29 is 4.79 Å². The van der Waals surface area contributed by atoms with Gasteiger partial charge in [0.2, 0.25) is 0 Å². The van der Waals surface area contributed by atoms with Crippen LogP contribution in [0, 0.1) is 0 Å². The van der Waals surface area contributed by atoms with E-state index in [9.17, 15) is 4.79 Å². The second-order valence-corrected chi connectivity index (χ2v) is 8.74. The highest BCUT2D eigenvalue weighted by atomic mass is 35.5. The molecule has 3 N–H and O–H groups in total. The van der Waals surface area contributed by atoms with Gasteiger partial charge in [0.15, 0.2) is 0 Å². The molecule has 7 heteroatoms. The molecule has 0 unspecified atom stereocenters. The Kier molecular flexibility index (Phi) is 5.51. The number of anilines is 2. The number of fused-ring (bicyclic) bond motifs is 1. The van der Waals surface area contributed by atoms with Crippen LogP contribution in [0.2, 0.25) is 5.02 Å². The van der Waals surface area contributed by atoms with Crippen molar-refractivity contribution in [2.45, 2.75) is 24.9 Å². The standard InChI is InChI=1S/C21H23ClN4OS/c1-23-19(27)15-5-6-17-18(12-15)26-21(7-9-28-10-8-21)20(25-17)24-13-14-3-2-4-16(22)11-14/h2-6,11-12,26H,7-10,13H2,1H3,(H,23,27)(H,24,25). The van der Waals surface area contributed by atoms with Gasteiger partial charge in [-0.25, -0.2) is 0 Å². The third kappa shape index (κ3) is 3.84. The smallest absolute Gasteiger partial charge is 0.251 e. The van der Waals surface area contributed by atoms with E-state index in [0.29, 0.717) is 12.1 Å². The van der Waals surface area contributed by atoms with Crippen LogP contribution in [-0.2, 0) is 6.54 Å². The zero-order chi connectivity index (χ0) is 19.6. The molecule has 0 saturated carbocycles. The summed E-state index contributed by atoms with van der Waals surface area (Å²) in [6.45, 7) is 0.575. The van der Waals surface area contributed by atoms with Crippen LogP contribution < -0.4 is 16.0 Å². The molecule has 28 heavy (non-hydrogen) atoms. The Hall–Kier alpha value is -2.18. The molecule has 1 fully saturated rings. The van der Waals surface area contributed by atoms with Crippen LogP contribution in [0.4, 0.5) is 11.4 Å². The fourth-order valence-electron chi connectivity index (χ4n) is 3.68. The molecule has 2 aromatic carbocycles. The monoisotopic (exact) mass is 414 g/mol. The van der Waals surface area contributed by atoms with Crippen LogP contribution in [0.25, 0.3) is 0 Å². The lowest BCUT2D eigenvalue weighted by molar-refractivity contribution is 0.0963. The van der Waals surface area contributed by atoms with E-state index in [-0.39, 0.29) is 11.4 Å². The second kappa shape index (κ2) is 8.05. The highest BCUT2D eigenvalue weighted by Crippen LogP contribution is 2.39. The lowest BCUT2D eigenvalue weighted by atomic mass is 9.87. The molecule has 0 radical (unpaired) electrons. The number of halogens is 1. The summed E-state index contributed by atoms with van der Waals surface area (Å²) in [7, 11) is 1.65. The van der Waals surface area contributed by atoms with Crippen molar-refractivity contribution in [2.75, 3.05) is 29.2 Å². The van der Waals surface area contributed by atoms with Gasteiger partial charge in [0.1, 0.15) is 5.84 Å². The predicted molar refractivity (Wildman–Crippen MR) is 119 cm³/mol. The van der Waals surface area contributed by atoms with Crippen molar-refractivity contribution >= 4 is 46.5 Å². The number of amides is 1. The number of thioether (sulfide) groups is 1. The third-order valence-corrected chi connectivity index (χ3v) is 6.46. The molecule has 2 aliphatic rings. The minimum Gasteiger partial charge on any atom is -0.371 e. The van der Waals surface area contributed by atoms with Gasteiger partial charge in [0, 0.05) is 17.6 Å². The summed E-state index contributed by atoms with van der Waals surface area (Å²) in [5, 5.41) is 10.7. The van der Waals surface area contributed by atoms with Crippen molar-refractivity contribution in [1.82, 2.24) is 5.32 Å². The molecule has 5 nitrogen and oxygen atoms in total. The maximum absolute atomic E-state index is 12.0. The molecule has 0 bridgehead atoms. The fourth-order valence-corrected chi connectivity index (χ4v) is 5.09. The van der Waals surface area contributed by atoms with Gasteiger partial charge in [0.05, 0.1) is 23.5 Å². The second-order valence-electron chi connectivity index (χ2n) is 7.08. The van der Waals surface area contributed by atoms with E-state index in [1.165, 1.54) is 0 Å². The third-order valence-electron chi connectivity index (χ3n) is 5.24. The maximum Gasteiger partial charge on any atom is 0.251 e. The van der Waals surface area contributed by atoms with Gasteiger partial charge in [-0.15, -0.1) is 0 Å². The Morgan fingerprint density at radius 3 is 2.79 bits per heavy atom. The Balaban J connectivity index is 1.67. The van der Waals surface area contributed by atoms with Gasteiger partial charge in [-0.3, -0.25) is 9.79 Å². The summed E-state index contributed by atoms with van der Waals surface area (Å²) in [5.41, 5.74) is 3.41. The van der Waals surface area contributed by atoms with Crippen molar-refractivity contribution in [3.8, 4) is 0 Å². The zero-order valence-corrected chi connectivity index (χ0v) is 17.3. The molecule has 1 saturated heterocycles. The fraction of sp³-hybridized carbons (Fsp3) is 0.333. The molecule has 146 valence electrons. The number of carbonyl (C=O) groups is 1. The van der Waals surface area contributed by atoms with E-state index in [0.717, 1.165) is 52.1 Å². The molecule has 2 heterocycles. The Morgan fingerprint density at radius 2 is 2.04 bits per heavy atom. The number of hydrogen-bond acceptors (Lipinski definition) is 4. The number of amidine groups is 1. The lowest BCUT2D eigenvalue weighted by Gasteiger charge is -2.44. The normalized spacial score (nSPS) is 18.9. The Labute approximate surface area is 174 Å². The van der Waals surface area contributed by atoms with Crippen LogP contribution >= 0.6 is 23.4 Å². The largest absolute Gasteiger partial charge is 0.371 e. The maximum atomic E-state index is 12.0. The molecule has 2 aliphatic heterocycles. The van der Waals surface area contributed by atoms with E-state index in [2.05, 4.69) is 16.0 Å². The minimum atomic E-state index is -0.224. The molecule has 4 rings (SSSR count). The molecule has 0 aliphatic carbocycles. The molecular formula is C21H23ClN4OS. The van der Waals surface area contributed by atoms with E-state index in [1.807, 2.05) is 54.2 Å². The molecule has 0 aromatic heterocycles. The average molecular weight is 415 g/mol. The number of aliphatic imine (C=N–C) groups is 1. The predicted octanol–water partition coefficient (Wildman–Crippen LogP) is 4.40. The van der Waals surface area contributed by atoms with Gasteiger partial charge >= 0.3 is 0 Å². The Bertz CT molecular complexity index is 924. The number of rotatable bonds is 3. The van der Waals surface area contributed by atoms with Crippen LogP contribution in [0.3, 0.4) is 0 Å². The molecule has 1 amide bonds. The van der Waals surface area contributed by atoms with Crippen molar-refractivity contribution in [1.29, 1.82) is 0 Å². The first-order valence-electron chi connectivity index (χ1n) is 9.38. The first-order chi connectivity index (χ1) is 13.6. The van der Waals surface area contributed by atoms with Gasteiger partial charge in [-0.05, 0) is 60.2 Å². The van der Waals surface area contributed by atoms with Crippen LogP contribution in [0.15, 0.2) is 47.5 Å². The number of carbonyl (C=O) groups excluding carboxylic acids is 1. The molecule has 0 atom stereocenters. The minimum absolute atomic E-state index is 0.0849. The topological polar surface area (TPSA) is 65.5 Å². The molecule has 2 aromatic rings. The van der Waals surface area contributed by atoms with E-state index in [4.69, 9.17) is 16.6 Å². The van der Waals surface area contributed by atoms with Gasteiger partial charge in [-0.1, -0.05) is 23.7 Å². The quantitative estimate of drug-likeness (QED) is 0.696. The first kappa shape index (κ1) is 19.2. The lowest BCUT2D eigenvalue weighted by Crippen LogP contribution is -2.54. The van der Waals surface area contributed by atoms with Crippen LogP contribution in [0.5, 0.6) is 0 Å². The van der Waals surface area contributed by atoms with Crippen LogP contribution in [0.1, 0.15) is 28.8 Å². The number of hydrogen-bond donors (Lipinski definition) is 3. The van der Waals surface area contributed by atoms with E-state index < -0.39 is 0 Å². The number of nitrogens with one attached hydrogen (secondary N) is 3. The SMILES string of the molecule is CNC(=O)c1ccc2c(c1)NC1(CCSCC1)C(=NCc1cccc(Cl)c1)N2. The van der Waals surface area contributed by atoms with Crippen molar-refractivity contribution in [2.24, 2.45) is 4.99 Å². The molecular weight excluding hydrogens is 392 g/mol. The number of nitrogens with zero attached hydrogens (tertiary/aromatic N) is 1. The van der Waals surface area contributed by atoms with Gasteiger partial charge in [-0.2, -0.15) is 11.8 Å². The van der Waals surface area contributed by atoms with Gasteiger partial charge in [0.25, 0.3) is 5.91 Å². The summed E-state index contributed by atoms with van der Waals surface area (Å²) >= 11 is 8.09. The Morgan fingerprint density at radius 1 is 1.21 bits per heavy atom. The molecule has 1 spiro atoms. The summed E-state index contributed by atoms with van der Waals surface area (Å²) < 4.78 is 0. The van der Waals surface area contributed by atoms with E-state index >= 15 is 0 Å². The highest BCUT2D eigenvalue weighted by Gasteiger charge is 2.41. The first-order valence-corrected chi connectivity index (χ1v) is 10.9. The zero-order valence-electron chi connectivity index (χ0n) is 15.7. The van der Waals surface area contributed by atoms with Crippen molar-refractivity contribution in [3.05, 3.63) is 58.6 Å². The van der Waals surface area contributed by atoms with Crippen molar-refractivity contribution in [3.63, 3.8) is 0 Å². The summed E-state index contributed by atoms with van der Waals surface area (Å²) in [5.74, 6) is 3.04. The van der Waals surface area contributed by atoms with Gasteiger partial charge < -0.3 is 16.0 Å². The van der Waals surface area contributed by atoms with E-state index in [1.54, 1.807) is 7.05 Å². The van der Waals surface area contributed by atoms with Crippen LogP contribution in [-0.4, -0.2) is 35.8 Å². The number of benzene rings is 2. The summed E-state index contributed by atoms with van der Waals surface area (Å²) in [6, 6.07) is 13.5. The average Bonchev–Trinajstić information content (AvgIpc) is 2.72. The summed E-state index contributed by atoms with van der Waals surface area (Å²) in [4.78, 5) is 17.0. The summed E-state index contributed by atoms with van der Waals surface area (Å²) in [6.07, 6.45) is 1.98.